The van der Waals surface area contributed by atoms with E-state index in [1.54, 1.807) is 18.2 Å². The van der Waals surface area contributed by atoms with E-state index in [4.69, 9.17) is 20.8 Å². The lowest BCUT2D eigenvalue weighted by molar-refractivity contribution is 0.205. The number of fused-ring (bicyclic) bond motifs is 2. The van der Waals surface area contributed by atoms with Crippen LogP contribution in [-0.2, 0) is 4.79 Å². The lowest BCUT2D eigenvalue weighted by atomic mass is 10.0. The molecule has 2 aromatic carbocycles. The Kier molecular flexibility index (Phi) is 5.94. The first-order valence-electron chi connectivity index (χ1n) is 11.2. The van der Waals surface area contributed by atoms with Crippen LogP contribution in [0.2, 0.25) is 5.02 Å². The van der Waals surface area contributed by atoms with Crippen LogP contribution >= 0.6 is 11.6 Å². The minimum absolute atomic E-state index is 0.197. The van der Waals surface area contributed by atoms with Gasteiger partial charge >= 0.3 is 5.63 Å². The van der Waals surface area contributed by atoms with Gasteiger partial charge in [-0.1, -0.05) is 11.6 Å². The fourth-order valence-electron chi connectivity index (χ4n) is 5.24. The third kappa shape index (κ3) is 4.23. The monoisotopic (exact) mass is 482 g/mol. The fourth-order valence-corrected chi connectivity index (χ4v) is 5.51. The topological polar surface area (TPSA) is 63.0 Å². The predicted octanol–water partition coefficient (Wildman–Crippen LogP) is 4.23. The summed E-state index contributed by atoms with van der Waals surface area (Å²) >= 11 is 6.23. The van der Waals surface area contributed by atoms with E-state index < -0.39 is 17.5 Å². The van der Waals surface area contributed by atoms with Gasteiger partial charge in [0.2, 0.25) is 0 Å². The van der Waals surface area contributed by atoms with E-state index in [2.05, 4.69) is 22.8 Å². The quantitative estimate of drug-likeness (QED) is 0.400. The minimum atomic E-state index is -0.560. The summed E-state index contributed by atoms with van der Waals surface area (Å²) in [4.78, 5) is 28.5. The molecule has 0 spiro atoms. The first-order chi connectivity index (χ1) is 16.3. The van der Waals surface area contributed by atoms with Gasteiger partial charge < -0.3 is 19.0 Å². The number of hydrogen-bond acceptors (Lipinski definition) is 6. The maximum Gasteiger partial charge on any atom is 0.336 e. The molecule has 5 rings (SSSR count). The molecular weight excluding hydrogens is 459 g/mol. The first kappa shape index (κ1) is 22.7. The summed E-state index contributed by atoms with van der Waals surface area (Å²) in [6, 6.07) is 10.5. The van der Waals surface area contributed by atoms with Crippen LogP contribution in [0.3, 0.4) is 0 Å². The third-order valence-corrected chi connectivity index (χ3v) is 7.06. The van der Waals surface area contributed by atoms with E-state index in [9.17, 15) is 14.0 Å². The molecule has 3 aromatic rings. The summed E-state index contributed by atoms with van der Waals surface area (Å²) in [5.74, 6) is 3.18. The number of benzene rings is 2. The summed E-state index contributed by atoms with van der Waals surface area (Å²) in [7, 11) is 2.12. The highest BCUT2D eigenvalue weighted by molar-refractivity contribution is 6.33. The lowest BCUT2D eigenvalue weighted by Crippen LogP contribution is -2.33. The van der Waals surface area contributed by atoms with Crippen molar-refractivity contribution in [1.29, 1.82) is 0 Å². The smallest absolute Gasteiger partial charge is 0.336 e. The third-order valence-electron chi connectivity index (χ3n) is 6.75. The second-order valence-electron chi connectivity index (χ2n) is 9.15. The van der Waals surface area contributed by atoms with Crippen LogP contribution in [0.5, 0.6) is 5.75 Å². The van der Waals surface area contributed by atoms with Gasteiger partial charge in [0.15, 0.2) is 0 Å². The highest BCUT2D eigenvalue weighted by atomic mass is 35.5. The Bertz CT molecular complexity index is 1350. The average Bonchev–Trinajstić information content (AvgIpc) is 3.31. The molecule has 0 saturated carbocycles. The Labute approximate surface area is 201 Å². The molecular formula is C26H24ClFN2O4. The van der Waals surface area contributed by atoms with Crippen molar-refractivity contribution in [2.24, 2.45) is 11.8 Å². The van der Waals surface area contributed by atoms with Crippen molar-refractivity contribution in [3.63, 3.8) is 0 Å². The van der Waals surface area contributed by atoms with E-state index in [1.807, 2.05) is 6.92 Å². The predicted molar refractivity (Wildman–Crippen MR) is 128 cm³/mol. The van der Waals surface area contributed by atoms with E-state index >= 15 is 0 Å². The summed E-state index contributed by atoms with van der Waals surface area (Å²) < 4.78 is 25.0. The SMILES string of the molecule is C[C@@H](Oc1ccc2c(-c3ccc(F)cc3Cl)cc(=O)oc2c1)C(=C=O)N1C[C@H]2CN(C)C[C@H]2C1. The van der Waals surface area contributed by atoms with Crippen molar-refractivity contribution >= 4 is 28.5 Å². The number of nitrogens with zero attached hydrogens (tertiary/aromatic N) is 2. The minimum Gasteiger partial charge on any atom is -0.484 e. The van der Waals surface area contributed by atoms with Crippen molar-refractivity contribution in [1.82, 2.24) is 9.80 Å². The Morgan fingerprint density at radius 3 is 2.53 bits per heavy atom. The molecule has 8 heteroatoms. The van der Waals surface area contributed by atoms with Gasteiger partial charge in [0.05, 0.1) is 5.02 Å². The molecule has 2 aliphatic rings. The largest absolute Gasteiger partial charge is 0.484 e. The van der Waals surface area contributed by atoms with Crippen molar-refractivity contribution < 1.29 is 18.3 Å². The normalized spacial score (nSPS) is 20.9. The van der Waals surface area contributed by atoms with Crippen molar-refractivity contribution in [3.05, 3.63) is 69.4 Å². The molecule has 2 saturated heterocycles. The van der Waals surface area contributed by atoms with E-state index in [1.165, 1.54) is 24.3 Å². The molecule has 34 heavy (non-hydrogen) atoms. The van der Waals surface area contributed by atoms with Crippen LogP contribution in [0, 0.1) is 17.7 Å². The average molecular weight is 483 g/mol. The van der Waals surface area contributed by atoms with E-state index in [0.717, 1.165) is 26.2 Å². The summed E-state index contributed by atoms with van der Waals surface area (Å²) in [5.41, 5.74) is 1.31. The van der Waals surface area contributed by atoms with Gasteiger partial charge in [-0.2, -0.15) is 0 Å². The zero-order valence-electron chi connectivity index (χ0n) is 18.9. The van der Waals surface area contributed by atoms with Gasteiger partial charge in [-0.3, -0.25) is 0 Å². The van der Waals surface area contributed by atoms with Crippen LogP contribution in [-0.4, -0.2) is 55.1 Å². The molecule has 0 bridgehead atoms. The van der Waals surface area contributed by atoms with Crippen molar-refractivity contribution in [3.8, 4) is 16.9 Å². The molecule has 0 radical (unpaired) electrons. The lowest BCUT2D eigenvalue weighted by Gasteiger charge is -2.26. The second-order valence-corrected chi connectivity index (χ2v) is 9.56. The zero-order valence-corrected chi connectivity index (χ0v) is 19.6. The Balaban J connectivity index is 1.40. The molecule has 0 aliphatic carbocycles. The molecule has 3 heterocycles. The number of carbonyl (C=O) groups excluding carboxylic acids is 1. The number of ether oxygens (including phenoxy) is 1. The van der Waals surface area contributed by atoms with Crippen molar-refractivity contribution in [2.45, 2.75) is 13.0 Å². The Morgan fingerprint density at radius 1 is 1.12 bits per heavy atom. The highest BCUT2D eigenvalue weighted by Gasteiger charge is 2.40. The van der Waals surface area contributed by atoms with Crippen LogP contribution in [0.15, 0.2) is 57.4 Å². The van der Waals surface area contributed by atoms with Crippen LogP contribution in [0.1, 0.15) is 6.92 Å². The summed E-state index contributed by atoms with van der Waals surface area (Å²) in [5, 5.41) is 0.832. The Morgan fingerprint density at radius 2 is 1.85 bits per heavy atom. The molecule has 0 amide bonds. The van der Waals surface area contributed by atoms with Crippen LogP contribution in [0.25, 0.3) is 22.1 Å². The maximum atomic E-state index is 13.5. The second kappa shape index (κ2) is 8.91. The van der Waals surface area contributed by atoms with Gasteiger partial charge in [-0.05, 0) is 56.1 Å². The van der Waals surface area contributed by atoms with E-state index in [0.29, 0.717) is 45.4 Å². The standard InChI is InChI=1S/C26H24ClFN2O4/c1-15(24(14-31)30-12-16-10-29(2)11-17(16)13-30)33-19-4-6-21-22(9-26(32)34-25(21)8-19)20-5-3-18(28)7-23(20)27/h3-9,15-17H,10-13H2,1-2H3/t15-,16-,17+/m1/s1. The van der Waals surface area contributed by atoms with E-state index in [-0.39, 0.29) is 5.02 Å². The number of halogens is 2. The van der Waals surface area contributed by atoms with Crippen molar-refractivity contribution in [2.75, 3.05) is 33.2 Å². The van der Waals surface area contributed by atoms with Crippen LogP contribution < -0.4 is 10.4 Å². The van der Waals surface area contributed by atoms with Crippen LogP contribution in [0.4, 0.5) is 4.39 Å². The van der Waals surface area contributed by atoms with Gasteiger partial charge in [0, 0.05) is 54.8 Å². The molecule has 0 N–H and O–H groups in total. The molecule has 2 fully saturated rings. The van der Waals surface area contributed by atoms with Gasteiger partial charge in [0.1, 0.15) is 34.9 Å². The number of rotatable bonds is 5. The Hall–Kier alpha value is -3.12. The molecule has 3 atom stereocenters. The maximum absolute atomic E-state index is 13.5. The summed E-state index contributed by atoms with van der Waals surface area (Å²) in [6.45, 7) is 5.53. The zero-order chi connectivity index (χ0) is 24.0. The number of likely N-dealkylation sites (tertiary alicyclic amines) is 2. The van der Waals surface area contributed by atoms with Gasteiger partial charge in [0.25, 0.3) is 0 Å². The molecule has 2 aliphatic heterocycles. The molecule has 176 valence electrons. The summed E-state index contributed by atoms with van der Waals surface area (Å²) in [6.07, 6.45) is -0.520. The molecule has 6 nitrogen and oxygen atoms in total. The molecule has 1 aromatic heterocycles. The fraction of sp³-hybridized carbons (Fsp3) is 0.346. The van der Waals surface area contributed by atoms with Gasteiger partial charge in [-0.15, -0.1) is 0 Å². The number of hydrogen-bond donors (Lipinski definition) is 0. The molecule has 0 unspecified atom stereocenters. The highest BCUT2D eigenvalue weighted by Crippen LogP contribution is 2.36. The first-order valence-corrected chi connectivity index (χ1v) is 11.6. The van der Waals surface area contributed by atoms with Gasteiger partial charge in [-0.25, -0.2) is 14.0 Å².